The molecule has 0 bridgehead atoms. The minimum Gasteiger partial charge on any atom is -0.417 e. The molecule has 0 spiro atoms. The molecular formula is C16H22N2O2. The molecule has 1 N–H and O–H groups in total. The van der Waals surface area contributed by atoms with Crippen molar-refractivity contribution >= 4 is 0 Å². The zero-order valence-electron chi connectivity index (χ0n) is 12.2. The van der Waals surface area contributed by atoms with Crippen LogP contribution in [0, 0.1) is 0 Å². The van der Waals surface area contributed by atoms with Crippen LogP contribution in [0.1, 0.15) is 31.4 Å². The Hall–Kier alpha value is -1.81. The fraction of sp³-hybridized carbons (Fsp3) is 0.438. The van der Waals surface area contributed by atoms with Crippen LogP contribution < -0.4 is 10.1 Å². The average Bonchev–Trinajstić information content (AvgIpc) is 2.98. The van der Waals surface area contributed by atoms with E-state index in [1.54, 1.807) is 6.20 Å². The lowest BCUT2D eigenvalue weighted by atomic mass is 10.1. The monoisotopic (exact) mass is 274 g/mol. The first-order valence-corrected chi connectivity index (χ1v) is 7.23. The van der Waals surface area contributed by atoms with Crippen molar-refractivity contribution in [1.82, 2.24) is 10.3 Å². The lowest BCUT2D eigenvalue weighted by Crippen LogP contribution is -2.18. The largest absolute Gasteiger partial charge is 0.417 e. The summed E-state index contributed by atoms with van der Waals surface area (Å²) in [5.74, 6) is 0.822. The van der Waals surface area contributed by atoms with Gasteiger partial charge in [-0.15, -0.1) is 0 Å². The van der Waals surface area contributed by atoms with Gasteiger partial charge in [-0.05, 0) is 49.5 Å². The van der Waals surface area contributed by atoms with E-state index in [1.165, 1.54) is 17.4 Å². The zero-order valence-corrected chi connectivity index (χ0v) is 12.2. The molecule has 4 heteroatoms. The zero-order chi connectivity index (χ0) is 14.2. The standard InChI is InChI=1S/C16H22N2O2/c1-3-8-17-9-7-14-12-13(4-2)5-6-15(14)20-16-18-10-11-19-16/h5-6,10-12,17H,3-4,7-9H2,1-2H3. The molecule has 0 unspecified atom stereocenters. The van der Waals surface area contributed by atoms with Crippen LogP contribution in [-0.4, -0.2) is 18.1 Å². The molecule has 0 atom stereocenters. The Bertz CT molecular complexity index is 509. The van der Waals surface area contributed by atoms with Gasteiger partial charge in [0.05, 0.1) is 6.20 Å². The molecule has 1 aromatic carbocycles. The lowest BCUT2D eigenvalue weighted by molar-refractivity contribution is 0.328. The van der Waals surface area contributed by atoms with Gasteiger partial charge in [0.25, 0.3) is 0 Å². The van der Waals surface area contributed by atoms with Crippen molar-refractivity contribution in [3.63, 3.8) is 0 Å². The maximum Gasteiger partial charge on any atom is 0.399 e. The van der Waals surface area contributed by atoms with Gasteiger partial charge in [-0.1, -0.05) is 26.0 Å². The summed E-state index contributed by atoms with van der Waals surface area (Å²) in [6.07, 6.45) is 6.49. The molecule has 20 heavy (non-hydrogen) atoms. The van der Waals surface area contributed by atoms with E-state index in [9.17, 15) is 0 Å². The maximum atomic E-state index is 5.70. The molecule has 0 aliphatic rings. The number of nitrogens with zero attached hydrogens (tertiary/aromatic N) is 1. The third-order valence-electron chi connectivity index (χ3n) is 3.14. The van der Waals surface area contributed by atoms with Gasteiger partial charge in [-0.3, -0.25) is 0 Å². The minimum atomic E-state index is 0.289. The fourth-order valence-electron chi connectivity index (χ4n) is 2.03. The van der Waals surface area contributed by atoms with Crippen LogP contribution in [0.4, 0.5) is 0 Å². The first-order chi connectivity index (χ1) is 9.83. The fourth-order valence-corrected chi connectivity index (χ4v) is 2.03. The lowest BCUT2D eigenvalue weighted by Gasteiger charge is -2.11. The van der Waals surface area contributed by atoms with Gasteiger partial charge in [0, 0.05) is 0 Å². The first-order valence-electron chi connectivity index (χ1n) is 7.23. The summed E-state index contributed by atoms with van der Waals surface area (Å²) in [5.41, 5.74) is 2.50. The van der Waals surface area contributed by atoms with Crippen LogP contribution in [0.2, 0.25) is 0 Å². The summed E-state index contributed by atoms with van der Waals surface area (Å²) in [4.78, 5) is 4.00. The summed E-state index contributed by atoms with van der Waals surface area (Å²) in [5, 5.41) is 3.41. The van der Waals surface area contributed by atoms with Gasteiger partial charge >= 0.3 is 6.08 Å². The Morgan fingerprint density at radius 2 is 2.15 bits per heavy atom. The van der Waals surface area contributed by atoms with Crippen molar-refractivity contribution in [1.29, 1.82) is 0 Å². The number of nitrogens with one attached hydrogen (secondary N) is 1. The molecular weight excluding hydrogens is 252 g/mol. The van der Waals surface area contributed by atoms with Crippen molar-refractivity contribution in [2.75, 3.05) is 13.1 Å². The Morgan fingerprint density at radius 1 is 1.25 bits per heavy atom. The van der Waals surface area contributed by atoms with Crippen LogP contribution in [0.5, 0.6) is 11.8 Å². The van der Waals surface area contributed by atoms with Gasteiger partial charge < -0.3 is 14.5 Å². The van der Waals surface area contributed by atoms with Crippen molar-refractivity contribution in [3.05, 3.63) is 41.8 Å². The van der Waals surface area contributed by atoms with E-state index < -0.39 is 0 Å². The van der Waals surface area contributed by atoms with E-state index in [1.807, 2.05) is 6.07 Å². The van der Waals surface area contributed by atoms with Crippen LogP contribution in [-0.2, 0) is 12.8 Å². The number of rotatable bonds is 8. The number of aryl methyl sites for hydroxylation is 1. The van der Waals surface area contributed by atoms with Crippen molar-refractivity contribution in [3.8, 4) is 11.8 Å². The van der Waals surface area contributed by atoms with Crippen LogP contribution in [0.15, 0.2) is 35.1 Å². The molecule has 0 aliphatic carbocycles. The van der Waals surface area contributed by atoms with Crippen molar-refractivity contribution in [2.24, 2.45) is 0 Å². The maximum absolute atomic E-state index is 5.70. The van der Waals surface area contributed by atoms with E-state index in [0.717, 1.165) is 38.1 Å². The van der Waals surface area contributed by atoms with E-state index in [-0.39, 0.29) is 6.08 Å². The molecule has 0 saturated carbocycles. The normalized spacial score (nSPS) is 10.7. The molecule has 4 nitrogen and oxygen atoms in total. The van der Waals surface area contributed by atoms with Crippen LogP contribution in [0.25, 0.3) is 0 Å². The highest BCUT2D eigenvalue weighted by molar-refractivity contribution is 5.38. The molecule has 2 aromatic rings. The highest BCUT2D eigenvalue weighted by atomic mass is 16.6. The Morgan fingerprint density at radius 3 is 2.85 bits per heavy atom. The summed E-state index contributed by atoms with van der Waals surface area (Å²) >= 11 is 0. The first kappa shape index (κ1) is 14.6. The highest BCUT2D eigenvalue weighted by Crippen LogP contribution is 2.25. The van der Waals surface area contributed by atoms with Gasteiger partial charge in [0.15, 0.2) is 0 Å². The number of ether oxygens (including phenoxy) is 1. The van der Waals surface area contributed by atoms with Gasteiger partial charge in [0.1, 0.15) is 12.0 Å². The Kier molecular flexibility index (Phi) is 5.62. The predicted octanol–water partition coefficient (Wildman–Crippen LogP) is 3.57. The van der Waals surface area contributed by atoms with E-state index in [4.69, 9.17) is 9.15 Å². The molecule has 0 amide bonds. The third kappa shape index (κ3) is 4.10. The number of hydrogen-bond acceptors (Lipinski definition) is 4. The molecule has 0 radical (unpaired) electrons. The highest BCUT2D eigenvalue weighted by Gasteiger charge is 2.08. The molecule has 0 aliphatic heterocycles. The minimum absolute atomic E-state index is 0.289. The molecule has 108 valence electrons. The van der Waals surface area contributed by atoms with Crippen molar-refractivity contribution < 1.29 is 9.15 Å². The smallest absolute Gasteiger partial charge is 0.399 e. The van der Waals surface area contributed by atoms with E-state index in [0.29, 0.717) is 0 Å². The molecule has 0 fully saturated rings. The molecule has 1 heterocycles. The number of aromatic nitrogens is 1. The van der Waals surface area contributed by atoms with E-state index >= 15 is 0 Å². The van der Waals surface area contributed by atoms with E-state index in [2.05, 4.69) is 36.3 Å². The summed E-state index contributed by atoms with van der Waals surface area (Å²) in [7, 11) is 0. The molecule has 1 aromatic heterocycles. The Labute approximate surface area is 120 Å². The van der Waals surface area contributed by atoms with Gasteiger partial charge in [-0.2, -0.15) is 4.98 Å². The van der Waals surface area contributed by atoms with Gasteiger partial charge in [0.2, 0.25) is 0 Å². The quantitative estimate of drug-likeness (QED) is 0.748. The number of oxazole rings is 1. The third-order valence-corrected chi connectivity index (χ3v) is 3.14. The van der Waals surface area contributed by atoms with Crippen LogP contribution >= 0.6 is 0 Å². The average molecular weight is 274 g/mol. The SMILES string of the molecule is CCCNCCc1cc(CC)ccc1Oc1ncco1. The summed E-state index contributed by atoms with van der Waals surface area (Å²) < 4.78 is 10.8. The van der Waals surface area contributed by atoms with Gasteiger partial charge in [-0.25, -0.2) is 0 Å². The second-order valence-corrected chi connectivity index (χ2v) is 4.70. The number of hydrogen-bond donors (Lipinski definition) is 1. The second kappa shape index (κ2) is 7.70. The van der Waals surface area contributed by atoms with Crippen LogP contribution in [0.3, 0.4) is 0 Å². The summed E-state index contributed by atoms with van der Waals surface area (Å²) in [6.45, 7) is 6.32. The predicted molar refractivity (Wildman–Crippen MR) is 79.3 cm³/mol. The molecule has 2 rings (SSSR count). The van der Waals surface area contributed by atoms with Crippen molar-refractivity contribution in [2.45, 2.75) is 33.1 Å². The second-order valence-electron chi connectivity index (χ2n) is 4.70. The summed E-state index contributed by atoms with van der Waals surface area (Å²) in [6, 6.07) is 6.28. The Balaban J connectivity index is 2.08. The number of benzene rings is 1. The topological polar surface area (TPSA) is 47.3 Å². The molecule has 0 saturated heterocycles.